The Morgan fingerprint density at radius 3 is 2.80 bits per heavy atom. The molecule has 1 aliphatic carbocycles. The Kier molecular flexibility index (Phi) is 4.54. The predicted octanol–water partition coefficient (Wildman–Crippen LogP) is 2.74. The van der Waals surface area contributed by atoms with Crippen LogP contribution in [0, 0.1) is 19.8 Å². The molecular formula is C19H25N3O3. The summed E-state index contributed by atoms with van der Waals surface area (Å²) < 4.78 is 0. The molecule has 134 valence electrons. The molecule has 0 radical (unpaired) electrons. The molecule has 2 atom stereocenters. The largest absolute Gasteiger partial charge is 0.325 e. The van der Waals surface area contributed by atoms with E-state index >= 15 is 0 Å². The summed E-state index contributed by atoms with van der Waals surface area (Å²) in [4.78, 5) is 38.7. The number of hydrogen-bond acceptors (Lipinski definition) is 3. The monoisotopic (exact) mass is 343 g/mol. The molecule has 0 unspecified atom stereocenters. The Morgan fingerprint density at radius 2 is 2.08 bits per heavy atom. The highest BCUT2D eigenvalue weighted by Gasteiger charge is 2.55. The van der Waals surface area contributed by atoms with Crippen LogP contribution in [0.25, 0.3) is 0 Å². The summed E-state index contributed by atoms with van der Waals surface area (Å²) in [5.74, 6) is -0.539. The summed E-state index contributed by atoms with van der Waals surface area (Å²) in [6, 6.07) is 5.31. The first-order valence-electron chi connectivity index (χ1n) is 8.85. The minimum atomic E-state index is -0.825. The molecule has 6 nitrogen and oxygen atoms in total. The zero-order valence-electron chi connectivity index (χ0n) is 15.0. The van der Waals surface area contributed by atoms with E-state index in [1.807, 2.05) is 39.0 Å². The number of rotatable bonds is 3. The molecule has 1 saturated carbocycles. The lowest BCUT2D eigenvalue weighted by molar-refractivity contribution is -0.136. The molecule has 1 aromatic carbocycles. The first-order valence-corrected chi connectivity index (χ1v) is 8.85. The van der Waals surface area contributed by atoms with E-state index in [4.69, 9.17) is 0 Å². The van der Waals surface area contributed by atoms with Crippen LogP contribution in [-0.2, 0) is 9.59 Å². The van der Waals surface area contributed by atoms with Gasteiger partial charge in [0.1, 0.15) is 12.1 Å². The average Bonchev–Trinajstić information content (AvgIpc) is 2.79. The fourth-order valence-corrected chi connectivity index (χ4v) is 3.84. The van der Waals surface area contributed by atoms with E-state index in [0.717, 1.165) is 35.3 Å². The Bertz CT molecular complexity index is 731. The van der Waals surface area contributed by atoms with Crippen LogP contribution in [0.15, 0.2) is 18.2 Å². The standard InChI is InChI=1S/C19H25N3O3/c1-12-7-8-13(2)15(10-12)20-16(23)11-22-17(24)19(21-18(22)25)9-5-4-6-14(19)3/h7-8,10,14H,4-6,9,11H2,1-3H3,(H,20,23)(H,21,25)/t14-,19-/m1/s1. The Labute approximate surface area is 148 Å². The molecule has 1 spiro atoms. The van der Waals surface area contributed by atoms with Crippen LogP contribution in [0.4, 0.5) is 10.5 Å². The predicted molar refractivity (Wildman–Crippen MR) is 95.2 cm³/mol. The second kappa shape index (κ2) is 6.50. The number of anilines is 1. The van der Waals surface area contributed by atoms with Crippen molar-refractivity contribution in [2.24, 2.45) is 5.92 Å². The molecule has 25 heavy (non-hydrogen) atoms. The van der Waals surface area contributed by atoms with Crippen molar-refractivity contribution in [2.45, 2.75) is 52.0 Å². The van der Waals surface area contributed by atoms with Crippen LogP contribution in [0.3, 0.4) is 0 Å². The van der Waals surface area contributed by atoms with Crippen molar-refractivity contribution in [1.29, 1.82) is 0 Å². The minimum absolute atomic E-state index is 0.0878. The summed E-state index contributed by atoms with van der Waals surface area (Å²) in [6.45, 7) is 5.59. The van der Waals surface area contributed by atoms with Gasteiger partial charge in [-0.1, -0.05) is 31.9 Å². The molecule has 2 aliphatic rings. The van der Waals surface area contributed by atoms with E-state index in [0.29, 0.717) is 12.1 Å². The van der Waals surface area contributed by atoms with Gasteiger partial charge in [-0.25, -0.2) is 4.79 Å². The first kappa shape index (κ1) is 17.5. The third-order valence-corrected chi connectivity index (χ3v) is 5.47. The summed E-state index contributed by atoms with van der Waals surface area (Å²) in [7, 11) is 0. The number of imide groups is 1. The Morgan fingerprint density at radius 1 is 1.32 bits per heavy atom. The van der Waals surface area contributed by atoms with Crippen molar-refractivity contribution in [3.8, 4) is 0 Å². The van der Waals surface area contributed by atoms with Gasteiger partial charge in [0, 0.05) is 5.69 Å². The molecule has 4 amide bonds. The second-order valence-electron chi connectivity index (χ2n) is 7.31. The lowest BCUT2D eigenvalue weighted by Gasteiger charge is -2.36. The fourth-order valence-electron chi connectivity index (χ4n) is 3.84. The molecule has 1 aromatic rings. The zero-order chi connectivity index (χ0) is 18.2. The molecule has 1 aliphatic heterocycles. The van der Waals surface area contributed by atoms with Gasteiger partial charge in [0.25, 0.3) is 5.91 Å². The van der Waals surface area contributed by atoms with E-state index in [-0.39, 0.29) is 24.3 Å². The van der Waals surface area contributed by atoms with Crippen molar-refractivity contribution in [3.05, 3.63) is 29.3 Å². The summed E-state index contributed by atoms with van der Waals surface area (Å²) >= 11 is 0. The lowest BCUT2D eigenvalue weighted by atomic mass is 9.73. The van der Waals surface area contributed by atoms with Gasteiger partial charge in [-0.2, -0.15) is 0 Å². The third kappa shape index (κ3) is 3.13. The van der Waals surface area contributed by atoms with E-state index in [1.165, 1.54) is 0 Å². The third-order valence-electron chi connectivity index (χ3n) is 5.47. The van der Waals surface area contributed by atoms with Crippen LogP contribution in [0.1, 0.15) is 43.7 Å². The number of nitrogens with zero attached hydrogens (tertiary/aromatic N) is 1. The van der Waals surface area contributed by atoms with Crippen LogP contribution in [0.5, 0.6) is 0 Å². The quantitative estimate of drug-likeness (QED) is 0.828. The highest BCUT2D eigenvalue weighted by atomic mass is 16.2. The smallest absolute Gasteiger partial charge is 0.324 e. The van der Waals surface area contributed by atoms with E-state index in [9.17, 15) is 14.4 Å². The summed E-state index contributed by atoms with van der Waals surface area (Å²) in [5, 5.41) is 5.67. The van der Waals surface area contributed by atoms with Gasteiger partial charge < -0.3 is 10.6 Å². The van der Waals surface area contributed by atoms with Crippen LogP contribution in [-0.4, -0.2) is 34.8 Å². The van der Waals surface area contributed by atoms with Gasteiger partial charge in [0.15, 0.2) is 0 Å². The minimum Gasteiger partial charge on any atom is -0.324 e. The molecular weight excluding hydrogens is 318 g/mol. The van der Waals surface area contributed by atoms with Crippen molar-refractivity contribution in [2.75, 3.05) is 11.9 Å². The topological polar surface area (TPSA) is 78.5 Å². The number of nitrogens with one attached hydrogen (secondary N) is 2. The number of benzene rings is 1. The van der Waals surface area contributed by atoms with Gasteiger partial charge in [-0.15, -0.1) is 0 Å². The molecule has 6 heteroatoms. The zero-order valence-corrected chi connectivity index (χ0v) is 15.0. The molecule has 2 N–H and O–H groups in total. The maximum atomic E-state index is 12.9. The Hall–Kier alpha value is -2.37. The van der Waals surface area contributed by atoms with Gasteiger partial charge in [0.05, 0.1) is 0 Å². The number of aryl methyl sites for hydroxylation is 2. The van der Waals surface area contributed by atoms with Gasteiger partial charge in [0.2, 0.25) is 5.91 Å². The highest BCUT2D eigenvalue weighted by Crippen LogP contribution is 2.38. The normalized spacial score (nSPS) is 26.0. The number of carbonyl (C=O) groups excluding carboxylic acids is 3. The van der Waals surface area contributed by atoms with Gasteiger partial charge >= 0.3 is 6.03 Å². The Balaban J connectivity index is 1.72. The maximum Gasteiger partial charge on any atom is 0.325 e. The molecule has 3 rings (SSSR count). The van der Waals surface area contributed by atoms with E-state index in [2.05, 4.69) is 10.6 Å². The lowest BCUT2D eigenvalue weighted by Crippen LogP contribution is -2.54. The van der Waals surface area contributed by atoms with Crippen molar-refractivity contribution >= 4 is 23.5 Å². The van der Waals surface area contributed by atoms with Crippen molar-refractivity contribution < 1.29 is 14.4 Å². The maximum absolute atomic E-state index is 12.9. The first-order chi connectivity index (χ1) is 11.8. The number of hydrogen-bond donors (Lipinski definition) is 2. The number of amides is 4. The molecule has 1 heterocycles. The van der Waals surface area contributed by atoms with Gasteiger partial charge in [-0.3, -0.25) is 14.5 Å². The number of carbonyl (C=O) groups is 3. The molecule has 2 fully saturated rings. The van der Waals surface area contributed by atoms with Crippen molar-refractivity contribution in [3.63, 3.8) is 0 Å². The van der Waals surface area contributed by atoms with E-state index in [1.54, 1.807) is 0 Å². The van der Waals surface area contributed by atoms with Gasteiger partial charge in [-0.05, 0) is 49.8 Å². The van der Waals surface area contributed by atoms with Crippen molar-refractivity contribution in [1.82, 2.24) is 10.2 Å². The average molecular weight is 343 g/mol. The molecule has 1 saturated heterocycles. The van der Waals surface area contributed by atoms with Crippen LogP contribution < -0.4 is 10.6 Å². The van der Waals surface area contributed by atoms with Crippen LogP contribution >= 0.6 is 0 Å². The SMILES string of the molecule is Cc1ccc(C)c(NC(=O)CN2C(=O)N[C@@]3(CCCC[C@H]3C)C2=O)c1. The second-order valence-corrected chi connectivity index (χ2v) is 7.31. The fraction of sp³-hybridized carbons (Fsp3) is 0.526. The highest BCUT2D eigenvalue weighted by molar-refractivity contribution is 6.10. The summed E-state index contributed by atoms with van der Waals surface area (Å²) in [5.41, 5.74) is 1.85. The number of urea groups is 1. The van der Waals surface area contributed by atoms with Crippen LogP contribution in [0.2, 0.25) is 0 Å². The molecule has 0 aromatic heterocycles. The molecule has 0 bridgehead atoms. The summed E-state index contributed by atoms with van der Waals surface area (Å²) in [6.07, 6.45) is 3.54. The van der Waals surface area contributed by atoms with E-state index < -0.39 is 11.6 Å².